The average Bonchev–Trinajstić information content (AvgIpc) is 1.61. The summed E-state index contributed by atoms with van der Waals surface area (Å²) >= 11 is 0. The van der Waals surface area contributed by atoms with Gasteiger partial charge in [-0.25, -0.2) is 27.1 Å². The predicted molar refractivity (Wildman–Crippen MR) is 528 cm³/mol. The average molecular weight is 1780 g/mol. The van der Waals surface area contributed by atoms with Crippen LogP contribution in [0, 0.1) is 83.1 Å². The van der Waals surface area contributed by atoms with Gasteiger partial charge >= 0.3 is 0 Å². The van der Waals surface area contributed by atoms with Gasteiger partial charge in [-0.05, 0) is 153 Å². The van der Waals surface area contributed by atoms with Gasteiger partial charge < -0.3 is 91.2 Å². The van der Waals surface area contributed by atoms with E-state index < -0.39 is 0 Å². The van der Waals surface area contributed by atoms with Crippen LogP contribution in [0.4, 0.5) is 57.4 Å². The molecule has 14 N–H and O–H groups in total. The normalized spacial score (nSPS) is 18.7. The number of aryl methyl sites for hydroxylation is 12. The fraction of sp³-hybridized carbons (Fsp3) is 0.567. The highest BCUT2D eigenvalue weighted by Crippen LogP contribution is 2.39. The van der Waals surface area contributed by atoms with E-state index in [1.54, 1.807) is 0 Å². The maximum absolute atomic E-state index is 9.28. The predicted octanol–water partition coefficient (Wildman–Crippen LogP) is 9.90. The number of nitrogen functional groups attached to an aromatic ring is 6. The smallest absolute Gasteiger partial charge is 0.270 e. The molecule has 32 nitrogen and oxygen atoms in total. The summed E-state index contributed by atoms with van der Waals surface area (Å²) < 4.78 is 29.2. The first-order chi connectivity index (χ1) is 60.9. The molecule has 12 aromatic rings. The van der Waals surface area contributed by atoms with E-state index in [-0.39, 0.29) is 13.2 Å². The van der Waals surface area contributed by atoms with E-state index in [0.29, 0.717) is 54.5 Å². The minimum Gasteiger partial charge on any atom is -0.474 e. The van der Waals surface area contributed by atoms with Crippen molar-refractivity contribution in [1.82, 2.24) is 67.1 Å². The molecular weight excluding hydrogens is 1620 g/mol. The number of quaternary nitrogens is 6. The first-order valence-electron chi connectivity index (χ1n) is 46.8. The number of aliphatic hydroxyl groups excluding tert-OH is 2. The minimum atomic E-state index is 0.221. The zero-order valence-electron chi connectivity index (χ0n) is 82.2. The summed E-state index contributed by atoms with van der Waals surface area (Å²) in [6.07, 6.45) is 8.71. The summed E-state index contributed by atoms with van der Waals surface area (Å²) in [5, 5.41) is 46.6. The van der Waals surface area contributed by atoms with Crippen LogP contribution in [0.1, 0.15) is 112 Å². The summed E-state index contributed by atoms with van der Waals surface area (Å²) in [5.41, 5.74) is 62.2. The molecule has 6 saturated heterocycles. The molecule has 6 aliphatic rings. The van der Waals surface area contributed by atoms with E-state index >= 15 is 0 Å². The lowest BCUT2D eigenvalue weighted by Gasteiger charge is -2.41. The molecule has 0 amide bonds. The van der Waals surface area contributed by atoms with Gasteiger partial charge in [-0.1, -0.05) is 36.4 Å². The molecule has 32 heteroatoms. The van der Waals surface area contributed by atoms with Crippen LogP contribution in [0.25, 0.3) is 33.1 Å². The third-order valence-corrected chi connectivity index (χ3v) is 29.9. The van der Waals surface area contributed by atoms with Gasteiger partial charge in [0.25, 0.3) is 17.6 Å². The Kier molecular flexibility index (Phi) is 28.7. The second-order valence-corrected chi connectivity index (χ2v) is 41.0. The van der Waals surface area contributed by atoms with Crippen LogP contribution in [0.3, 0.4) is 0 Å². The lowest BCUT2D eigenvalue weighted by atomic mass is 10.2. The summed E-state index contributed by atoms with van der Waals surface area (Å²) in [5.74, 6) is 4.88. The molecule has 0 bridgehead atoms. The van der Waals surface area contributed by atoms with E-state index in [1.165, 1.54) is 90.7 Å². The van der Waals surface area contributed by atoms with Gasteiger partial charge in [0, 0.05) is 105 Å². The molecule has 18 rings (SSSR count). The lowest BCUT2D eigenvalue weighted by Crippen LogP contribution is -2.58. The molecule has 3 atom stereocenters. The van der Waals surface area contributed by atoms with Crippen molar-refractivity contribution in [2.45, 2.75) is 146 Å². The van der Waals surface area contributed by atoms with Crippen LogP contribution in [-0.2, 0) is 0 Å². The van der Waals surface area contributed by atoms with Crippen LogP contribution in [0.5, 0.6) is 11.8 Å². The lowest BCUT2D eigenvalue weighted by molar-refractivity contribution is -0.912. The highest BCUT2D eigenvalue weighted by molar-refractivity contribution is 5.85. The zero-order chi connectivity index (χ0) is 93.5. The Labute approximate surface area is 764 Å². The third-order valence-electron chi connectivity index (χ3n) is 29.9. The monoisotopic (exact) mass is 1780 g/mol. The number of pyridine rings is 6. The first kappa shape index (κ1) is 96.1. The number of aliphatic hydroxyl groups is 2. The van der Waals surface area contributed by atoms with Crippen molar-refractivity contribution < 1.29 is 42.1 Å². The number of aromatic nitrogens is 12. The van der Waals surface area contributed by atoms with Gasteiger partial charge in [-0.2, -0.15) is 0 Å². The molecule has 0 spiro atoms. The number of ether oxygens (including phenoxy) is 2. The van der Waals surface area contributed by atoms with Crippen molar-refractivity contribution >= 4 is 90.5 Å². The molecule has 702 valence electrons. The molecule has 0 saturated carbocycles. The zero-order valence-corrected chi connectivity index (χ0v) is 82.2. The number of hydrogen-bond donors (Lipinski definition) is 8. The van der Waals surface area contributed by atoms with Crippen LogP contribution in [0.2, 0.25) is 0 Å². The van der Waals surface area contributed by atoms with E-state index in [0.717, 1.165) is 246 Å². The second kappa shape index (κ2) is 38.6. The van der Waals surface area contributed by atoms with Crippen LogP contribution in [-0.4, -0.2) is 335 Å². The number of nitrogens with zero attached hydrogens (tertiary/aromatic N) is 22. The third kappa shape index (κ3) is 20.4. The molecule has 0 aliphatic carbocycles. The number of anilines is 9. The number of hydrogen-bond acceptors (Lipinski definition) is 20. The Morgan fingerprint density at radius 1 is 0.357 bits per heavy atom. The highest BCUT2D eigenvalue weighted by atomic mass is 16.5. The number of likely N-dealkylation sites (N-methyl/N-ethyl adjacent to an activating group) is 5. The van der Waals surface area contributed by atoms with E-state index in [4.69, 9.17) is 64.3 Å². The number of piperazine rings is 1. The Morgan fingerprint density at radius 2 is 0.690 bits per heavy atom. The maximum atomic E-state index is 9.28. The van der Waals surface area contributed by atoms with E-state index in [1.807, 2.05) is 58.3 Å². The SMILES string of the molecule is Cc1ccc2c(N)c(N3CCC([N+](C)(C)C)C3)nn2c1C.Cc1ccc2c(N)c(N3CCC([N+](C)(C)CCO)C3)nn2c1C.Cc1ccc2c(N)c(N3CC[N+](C)(CCO)CC3)nn2c1C.Cc1ccc2c(N)c(OCCN3CCC([N+](C)(C)C)C3)nn2c1C.Cc1ccc2c(N)c(OCC[N+]3(C)CCCC3)nn2c1C.Cc1ccc2c(N)c([N+]3(C)CCCC3)nn2c1C. The summed E-state index contributed by atoms with van der Waals surface area (Å²) in [4.78, 5) is 9.37. The highest BCUT2D eigenvalue weighted by Gasteiger charge is 2.40. The van der Waals surface area contributed by atoms with Crippen LogP contribution in [0.15, 0.2) is 72.8 Å². The largest absolute Gasteiger partial charge is 0.474 e. The second-order valence-electron chi connectivity index (χ2n) is 41.0. The molecule has 3 unspecified atom stereocenters. The van der Waals surface area contributed by atoms with Crippen molar-refractivity contribution in [3.63, 3.8) is 0 Å². The Hall–Kier alpha value is -10.4. The Morgan fingerprint density at radius 3 is 1.08 bits per heavy atom. The molecule has 0 radical (unpaired) electrons. The Bertz CT molecular complexity index is 5930. The molecule has 12 aromatic heterocycles. The molecule has 6 aliphatic heterocycles. The van der Waals surface area contributed by atoms with Gasteiger partial charge in [0.2, 0.25) is 0 Å². The van der Waals surface area contributed by atoms with Gasteiger partial charge in [-0.3, -0.25) is 9.38 Å². The van der Waals surface area contributed by atoms with Crippen molar-refractivity contribution in [2.75, 3.05) is 271 Å². The molecule has 129 heavy (non-hydrogen) atoms. The van der Waals surface area contributed by atoms with Crippen LogP contribution >= 0.6 is 0 Å². The quantitative estimate of drug-likeness (QED) is 0.0349. The van der Waals surface area contributed by atoms with E-state index in [9.17, 15) is 10.2 Å². The fourth-order valence-electron chi connectivity index (χ4n) is 19.3. The van der Waals surface area contributed by atoms with Crippen LogP contribution < -0.4 is 63.1 Å². The number of fused-ring (bicyclic) bond motifs is 6. The molecule has 18 heterocycles. The summed E-state index contributed by atoms with van der Waals surface area (Å²) in [6.45, 7) is 45.1. The van der Waals surface area contributed by atoms with Crippen molar-refractivity contribution in [1.29, 1.82) is 0 Å². The Balaban J connectivity index is 0.000000132. The minimum absolute atomic E-state index is 0.221. The van der Waals surface area contributed by atoms with Gasteiger partial charge in [0.15, 0.2) is 17.5 Å². The van der Waals surface area contributed by atoms with Crippen molar-refractivity contribution in [3.8, 4) is 11.8 Å². The molecule has 0 aromatic carbocycles. The molecular formula is C97H156N28O4+6. The molecule has 6 fully saturated rings. The topological polar surface area (TPSA) is 332 Å². The van der Waals surface area contributed by atoms with Gasteiger partial charge in [0.1, 0.15) is 85.1 Å². The van der Waals surface area contributed by atoms with Gasteiger partial charge in [0.05, 0.1) is 196 Å². The number of rotatable bonds is 19. The van der Waals surface area contributed by atoms with Crippen molar-refractivity contribution in [3.05, 3.63) is 140 Å². The summed E-state index contributed by atoms with van der Waals surface area (Å²) in [7, 11) is 24.7. The number of nitrogens with two attached hydrogens (primary N) is 6. The first-order valence-corrected chi connectivity index (χ1v) is 46.8. The fourth-order valence-corrected chi connectivity index (χ4v) is 19.3. The number of likely N-dealkylation sites (tertiary alicyclic amines) is 3. The van der Waals surface area contributed by atoms with Gasteiger partial charge in [-0.15, -0.1) is 30.6 Å². The summed E-state index contributed by atoms with van der Waals surface area (Å²) in [6, 6.07) is 26.7. The maximum Gasteiger partial charge on any atom is 0.270 e. The standard InChI is InChI=1S/C18H30N5O.C17H28N5O.C16H26N5O.C16H26N5.C16H25N4O.C14H21N4/c1-13-6-7-16-17(19)18(20-22(16)14(13)2)24-11-10-21-9-8-15(12-21)23(3,4)5;1-12-5-6-15-16(18)17(19-21(15)13(12)2)20-8-7-14(11-20)22(3,4)9-10-23;1-12-4-5-14-15(17)16(18-20(14)13(12)2)19-6-8-21(3,9-7-19)10-11-22;1-11-6-7-14-15(17)16(18-20(14)12(11)2)19-9-8-13(10-19)21(3,4)5;1-12-6-7-14-15(17)16(18-19(14)13(12)2)21-11-10-20(3)8-4-5-9-20;1-10-6-7-12-13(15)14(16-17(12)11(10)2)18(3)8-4-5-9-18/h6-7,15H,8-12,19H2,1-5H3;5-6,14,23H,7-11,18H2,1-4H3;4-5,22H,6-11,17H2,1-3H3;6-7,13H,8-10,17H2,1-5H3;6-7H,4-5,8-11,17H2,1-3H3;6-7H,4-5,8-9,15H2,1-3H3/q6*+1. The van der Waals surface area contributed by atoms with Crippen molar-refractivity contribution in [2.24, 2.45) is 0 Å². The van der Waals surface area contributed by atoms with E-state index in [2.05, 4.69) is 232 Å².